The average Bonchev–Trinajstić information content (AvgIpc) is 2.24. The summed E-state index contributed by atoms with van der Waals surface area (Å²) in [5, 5.41) is 32.5. The maximum atomic E-state index is 9.98. The molecule has 0 fully saturated rings. The van der Waals surface area contributed by atoms with E-state index < -0.39 is 24.1 Å². The summed E-state index contributed by atoms with van der Waals surface area (Å²) in [5.74, 6) is -3.73. The molecule has 0 aliphatic heterocycles. The number of amides is 1. The van der Waals surface area contributed by atoms with Crippen LogP contribution >= 0.6 is 0 Å². The normalized spacial score (nSPS) is 12.9. The van der Waals surface area contributed by atoms with Crippen molar-refractivity contribution in [1.29, 1.82) is 0 Å². The van der Waals surface area contributed by atoms with Gasteiger partial charge in [0.25, 0.3) is 0 Å². The Bertz CT molecular complexity index is 248. The number of primary amides is 1. The molecule has 17 heavy (non-hydrogen) atoms. The Labute approximate surface area is 97.7 Å². The van der Waals surface area contributed by atoms with Gasteiger partial charge in [-0.1, -0.05) is 13.3 Å². The molecule has 0 radical (unpaired) electrons. The van der Waals surface area contributed by atoms with Crippen molar-refractivity contribution in [2.75, 3.05) is 0 Å². The Hall–Kier alpha value is -1.67. The molecule has 0 bridgehead atoms. The average molecular weight is 251 g/mol. The lowest BCUT2D eigenvalue weighted by Gasteiger charge is -2.07. The second kappa shape index (κ2) is 9.55. The lowest BCUT2D eigenvalue weighted by atomic mass is 10.2. The lowest BCUT2D eigenvalue weighted by Crippen LogP contribution is -2.39. The fourth-order valence-electron chi connectivity index (χ4n) is 0.621. The van der Waals surface area contributed by atoms with Crippen molar-refractivity contribution in [2.45, 2.75) is 38.4 Å². The van der Waals surface area contributed by atoms with Crippen LogP contribution in [-0.4, -0.2) is 50.5 Å². The zero-order chi connectivity index (χ0) is 14.0. The highest BCUT2D eigenvalue weighted by Crippen LogP contribution is 1.92. The largest absolute Gasteiger partial charge is 0.479 e. The highest BCUT2D eigenvalue weighted by atomic mass is 16.4. The smallest absolute Gasteiger partial charge is 0.335 e. The second-order valence-corrected chi connectivity index (χ2v) is 3.14. The molecule has 100 valence electrons. The molecule has 0 spiro atoms. The van der Waals surface area contributed by atoms with Crippen molar-refractivity contribution in [3.05, 3.63) is 0 Å². The summed E-state index contributed by atoms with van der Waals surface area (Å²) in [5.41, 5.74) is 4.84. The molecular formula is C9H17NO7. The minimum Gasteiger partial charge on any atom is -0.479 e. The van der Waals surface area contributed by atoms with E-state index in [2.05, 4.69) is 0 Å². The number of aliphatic hydroxyl groups is 2. The molecule has 2 unspecified atom stereocenters. The van der Waals surface area contributed by atoms with E-state index in [9.17, 15) is 14.4 Å². The van der Waals surface area contributed by atoms with Gasteiger partial charge in [-0.05, 0) is 6.42 Å². The van der Waals surface area contributed by atoms with Gasteiger partial charge in [-0.15, -0.1) is 0 Å². The molecule has 0 heterocycles. The Morgan fingerprint density at radius 1 is 1.06 bits per heavy atom. The van der Waals surface area contributed by atoms with Gasteiger partial charge in [-0.2, -0.15) is 0 Å². The van der Waals surface area contributed by atoms with Crippen LogP contribution in [0.5, 0.6) is 0 Å². The summed E-state index contributed by atoms with van der Waals surface area (Å²) in [6.45, 7) is 2.03. The molecule has 0 rings (SSSR count). The predicted molar refractivity (Wildman–Crippen MR) is 56.0 cm³/mol. The van der Waals surface area contributed by atoms with E-state index in [0.29, 0.717) is 6.42 Å². The quantitative estimate of drug-likeness (QED) is 0.385. The number of aliphatic carboxylic acids is 2. The van der Waals surface area contributed by atoms with Gasteiger partial charge in [-0.25, -0.2) is 9.59 Å². The summed E-state index contributed by atoms with van der Waals surface area (Å²) in [4.78, 5) is 29.5. The number of carboxylic acid groups (broad SMARTS) is 2. The van der Waals surface area contributed by atoms with E-state index >= 15 is 0 Å². The minimum absolute atomic E-state index is 0.193. The van der Waals surface area contributed by atoms with Crippen LogP contribution in [-0.2, 0) is 14.4 Å². The van der Waals surface area contributed by atoms with Gasteiger partial charge in [0.1, 0.15) is 0 Å². The van der Waals surface area contributed by atoms with Gasteiger partial charge in [0.05, 0.1) is 0 Å². The maximum Gasteiger partial charge on any atom is 0.335 e. The molecule has 8 heteroatoms. The van der Waals surface area contributed by atoms with E-state index in [1.807, 2.05) is 6.92 Å². The van der Waals surface area contributed by atoms with Crippen molar-refractivity contribution in [1.82, 2.24) is 0 Å². The van der Waals surface area contributed by atoms with E-state index in [4.69, 9.17) is 26.2 Å². The molecule has 8 nitrogen and oxygen atoms in total. The number of hydrogen-bond donors (Lipinski definition) is 5. The van der Waals surface area contributed by atoms with Crippen LogP contribution in [0.25, 0.3) is 0 Å². The SMILES string of the molecule is CCCCC(N)=O.O=C(O)C(O)C(O)C(=O)O. The van der Waals surface area contributed by atoms with Crippen LogP contribution in [0.2, 0.25) is 0 Å². The van der Waals surface area contributed by atoms with Gasteiger partial charge < -0.3 is 26.2 Å². The topological polar surface area (TPSA) is 158 Å². The number of carbonyl (C=O) groups excluding carboxylic acids is 1. The molecule has 2 atom stereocenters. The second-order valence-electron chi connectivity index (χ2n) is 3.14. The van der Waals surface area contributed by atoms with Crippen LogP contribution in [0.4, 0.5) is 0 Å². The molecule has 1 amide bonds. The molecule has 0 aromatic heterocycles. The van der Waals surface area contributed by atoms with Crippen LogP contribution in [0.3, 0.4) is 0 Å². The lowest BCUT2D eigenvalue weighted by molar-refractivity contribution is -0.165. The Balaban J connectivity index is 0. The molecule has 0 saturated heterocycles. The first-order chi connectivity index (χ1) is 7.73. The number of carboxylic acids is 2. The van der Waals surface area contributed by atoms with Gasteiger partial charge in [-0.3, -0.25) is 4.79 Å². The Morgan fingerprint density at radius 2 is 1.41 bits per heavy atom. The molecule has 0 aromatic carbocycles. The number of carbonyl (C=O) groups is 3. The first kappa shape index (κ1) is 17.7. The zero-order valence-electron chi connectivity index (χ0n) is 9.37. The van der Waals surface area contributed by atoms with Gasteiger partial charge in [0, 0.05) is 6.42 Å². The van der Waals surface area contributed by atoms with E-state index in [1.165, 1.54) is 0 Å². The van der Waals surface area contributed by atoms with Crippen molar-refractivity contribution in [3.8, 4) is 0 Å². The van der Waals surface area contributed by atoms with Crippen LogP contribution in [0.1, 0.15) is 26.2 Å². The van der Waals surface area contributed by atoms with E-state index in [1.54, 1.807) is 0 Å². The third-order valence-corrected chi connectivity index (χ3v) is 1.58. The predicted octanol–water partition coefficient (Wildman–Crippen LogP) is -1.46. The molecular weight excluding hydrogens is 234 g/mol. The number of aliphatic hydroxyl groups excluding tert-OH is 2. The monoisotopic (exact) mass is 251 g/mol. The molecule has 0 aromatic rings. The number of hydrogen-bond acceptors (Lipinski definition) is 5. The first-order valence-corrected chi connectivity index (χ1v) is 4.84. The summed E-state index contributed by atoms with van der Waals surface area (Å²) >= 11 is 0. The highest BCUT2D eigenvalue weighted by molar-refractivity contribution is 5.83. The van der Waals surface area contributed by atoms with Crippen LogP contribution < -0.4 is 5.73 Å². The molecule has 0 aliphatic carbocycles. The third kappa shape index (κ3) is 10.6. The summed E-state index contributed by atoms with van der Waals surface area (Å²) in [7, 11) is 0. The van der Waals surface area contributed by atoms with Gasteiger partial charge in [0.15, 0.2) is 12.2 Å². The highest BCUT2D eigenvalue weighted by Gasteiger charge is 2.29. The molecule has 0 saturated carbocycles. The number of unbranched alkanes of at least 4 members (excludes halogenated alkanes) is 1. The van der Waals surface area contributed by atoms with E-state index in [-0.39, 0.29) is 5.91 Å². The van der Waals surface area contributed by atoms with Crippen LogP contribution in [0, 0.1) is 0 Å². The maximum absolute atomic E-state index is 9.98. The van der Waals surface area contributed by atoms with Gasteiger partial charge >= 0.3 is 11.9 Å². The summed E-state index contributed by atoms with van der Waals surface area (Å²) < 4.78 is 0. The zero-order valence-corrected chi connectivity index (χ0v) is 9.37. The van der Waals surface area contributed by atoms with Crippen molar-refractivity contribution >= 4 is 17.8 Å². The van der Waals surface area contributed by atoms with Crippen molar-refractivity contribution in [3.63, 3.8) is 0 Å². The summed E-state index contributed by atoms with van der Waals surface area (Å²) in [6, 6.07) is 0. The van der Waals surface area contributed by atoms with Crippen molar-refractivity contribution < 1.29 is 34.8 Å². The summed E-state index contributed by atoms with van der Waals surface area (Å²) in [6.07, 6.45) is -2.02. The van der Waals surface area contributed by atoms with Crippen LogP contribution in [0.15, 0.2) is 0 Å². The fraction of sp³-hybridized carbons (Fsp3) is 0.667. The standard InChI is InChI=1S/C5H11NO.C4H6O6/c1-2-3-4-5(6)7;5-1(3(7)8)2(6)4(9)10/h2-4H2,1H3,(H2,6,7);1-2,5-6H,(H,7,8)(H,9,10). The van der Waals surface area contributed by atoms with Crippen molar-refractivity contribution in [2.24, 2.45) is 5.73 Å². The molecule has 0 aliphatic rings. The Kier molecular flexibility index (Phi) is 9.95. The number of rotatable bonds is 6. The van der Waals surface area contributed by atoms with Gasteiger partial charge in [0.2, 0.25) is 5.91 Å². The molecule has 6 N–H and O–H groups in total. The first-order valence-electron chi connectivity index (χ1n) is 4.84. The Morgan fingerprint density at radius 3 is 1.53 bits per heavy atom. The van der Waals surface area contributed by atoms with E-state index in [0.717, 1.165) is 12.8 Å². The minimum atomic E-state index is -2.27. The third-order valence-electron chi connectivity index (χ3n) is 1.58. The number of nitrogens with two attached hydrogens (primary N) is 1. The fourth-order valence-corrected chi connectivity index (χ4v) is 0.621.